The fraction of sp³-hybridized carbons (Fsp3) is 0.571. The van der Waals surface area contributed by atoms with Crippen LogP contribution in [0.5, 0.6) is 0 Å². The van der Waals surface area contributed by atoms with E-state index in [4.69, 9.17) is 0 Å². The Labute approximate surface area is 136 Å². The number of rotatable bonds is 4. The minimum Gasteiger partial charge on any atom is -0.382 e. The number of alkyl halides is 3. The van der Waals surface area contributed by atoms with Crippen molar-refractivity contribution in [3.63, 3.8) is 0 Å². The molecule has 0 saturated carbocycles. The number of amides is 2. The van der Waals surface area contributed by atoms with Crippen molar-refractivity contribution in [2.24, 2.45) is 0 Å². The Bertz CT molecular complexity index is 539. The summed E-state index contributed by atoms with van der Waals surface area (Å²) in [7, 11) is 0. The van der Waals surface area contributed by atoms with E-state index < -0.39 is 24.4 Å². The molecule has 0 radical (unpaired) electrons. The molecule has 1 aliphatic heterocycles. The number of aliphatic hydroxyl groups is 1. The van der Waals surface area contributed by atoms with Gasteiger partial charge in [0.25, 0.3) is 0 Å². The minimum absolute atomic E-state index is 0.123. The van der Waals surface area contributed by atoms with Gasteiger partial charge in [0.1, 0.15) is 0 Å². The molecule has 2 rings (SSSR count). The van der Waals surface area contributed by atoms with Crippen molar-refractivity contribution in [1.29, 1.82) is 0 Å². The monoisotopic (exact) mass is 349 g/mol. The molecule has 2 N–H and O–H groups in total. The maximum Gasteiger partial charge on any atom is 0.416 e. The second-order valence-electron chi connectivity index (χ2n) is 5.14. The van der Waals surface area contributed by atoms with E-state index in [1.807, 2.05) is 6.92 Å². The molecule has 0 unspecified atom stereocenters. The van der Waals surface area contributed by atoms with E-state index in [-0.39, 0.29) is 13.0 Å². The number of hydrogen-bond acceptors (Lipinski definition) is 4. The molecule has 5 nitrogen and oxygen atoms in total. The predicted octanol–water partition coefficient (Wildman–Crippen LogP) is 3.11. The Balaban J connectivity index is 2.01. The van der Waals surface area contributed by atoms with Crippen LogP contribution in [0.4, 0.5) is 23.7 Å². The number of hydrogen-bond donors (Lipinski definition) is 2. The molecule has 1 aromatic heterocycles. The molecular formula is C14H18F3N3O2S. The summed E-state index contributed by atoms with van der Waals surface area (Å²) >= 11 is 1.54. The van der Waals surface area contributed by atoms with Gasteiger partial charge in [0.05, 0.1) is 23.0 Å². The maximum absolute atomic E-state index is 12.7. The maximum atomic E-state index is 12.7. The Morgan fingerprint density at radius 1 is 1.57 bits per heavy atom. The lowest BCUT2D eigenvalue weighted by molar-refractivity contribution is -0.216. The van der Waals surface area contributed by atoms with Crippen LogP contribution in [0.15, 0.2) is 23.4 Å². The number of halogens is 3. The number of carbonyl (C=O) groups is 1. The van der Waals surface area contributed by atoms with Gasteiger partial charge in [0.15, 0.2) is 6.10 Å². The molecule has 0 spiro atoms. The van der Waals surface area contributed by atoms with Crippen LogP contribution in [-0.4, -0.2) is 51.6 Å². The van der Waals surface area contributed by atoms with Crippen molar-refractivity contribution in [1.82, 2.24) is 9.88 Å². The number of nitrogens with one attached hydrogen (secondary N) is 1. The standard InChI is InChI=1S/C14H18F3N3O2S/c1-2-23-11-6-5-9(8-18-11)19-13(22)20-7-3-4-10(20)12(21)14(15,16)17/h5-6,8,10,12,21H,2-4,7H2,1H3,(H,19,22)/t10-,12-/m1/s1. The summed E-state index contributed by atoms with van der Waals surface area (Å²) < 4.78 is 38.0. The molecule has 2 heterocycles. The van der Waals surface area contributed by atoms with E-state index >= 15 is 0 Å². The van der Waals surface area contributed by atoms with Gasteiger partial charge < -0.3 is 15.3 Å². The lowest BCUT2D eigenvalue weighted by atomic mass is 10.1. The fourth-order valence-corrected chi connectivity index (χ4v) is 3.06. The van der Waals surface area contributed by atoms with Crippen molar-refractivity contribution >= 4 is 23.5 Å². The number of pyridine rings is 1. The molecule has 1 aliphatic rings. The first-order chi connectivity index (χ1) is 10.8. The van der Waals surface area contributed by atoms with Crippen LogP contribution < -0.4 is 5.32 Å². The minimum atomic E-state index is -4.74. The largest absolute Gasteiger partial charge is 0.416 e. The number of likely N-dealkylation sites (tertiary alicyclic amines) is 1. The highest BCUT2D eigenvalue weighted by Gasteiger charge is 2.48. The first-order valence-electron chi connectivity index (χ1n) is 7.24. The highest BCUT2D eigenvalue weighted by Crippen LogP contribution is 2.31. The van der Waals surface area contributed by atoms with Crippen LogP contribution in [0.1, 0.15) is 19.8 Å². The van der Waals surface area contributed by atoms with E-state index in [0.29, 0.717) is 12.1 Å². The van der Waals surface area contributed by atoms with Crippen molar-refractivity contribution in [3.8, 4) is 0 Å². The molecule has 0 bridgehead atoms. The lowest BCUT2D eigenvalue weighted by Crippen LogP contribution is -2.50. The number of urea groups is 1. The zero-order valence-electron chi connectivity index (χ0n) is 12.5. The van der Waals surface area contributed by atoms with E-state index in [1.165, 1.54) is 6.20 Å². The summed E-state index contributed by atoms with van der Waals surface area (Å²) in [5.41, 5.74) is 0.405. The van der Waals surface area contributed by atoms with Gasteiger partial charge in [-0.2, -0.15) is 13.2 Å². The molecule has 128 valence electrons. The summed E-state index contributed by atoms with van der Waals surface area (Å²) in [5.74, 6) is 0.865. The second-order valence-corrected chi connectivity index (χ2v) is 6.42. The van der Waals surface area contributed by atoms with E-state index in [0.717, 1.165) is 15.7 Å². The quantitative estimate of drug-likeness (QED) is 0.820. The summed E-state index contributed by atoms with van der Waals surface area (Å²) in [4.78, 5) is 17.3. The second kappa shape index (κ2) is 7.39. The zero-order valence-corrected chi connectivity index (χ0v) is 13.3. The van der Waals surface area contributed by atoms with Crippen LogP contribution >= 0.6 is 11.8 Å². The van der Waals surface area contributed by atoms with Crippen molar-refractivity contribution in [2.75, 3.05) is 17.6 Å². The molecule has 23 heavy (non-hydrogen) atoms. The van der Waals surface area contributed by atoms with E-state index in [2.05, 4.69) is 10.3 Å². The summed E-state index contributed by atoms with van der Waals surface area (Å²) in [5, 5.41) is 12.7. The lowest BCUT2D eigenvalue weighted by Gasteiger charge is -2.29. The molecule has 9 heteroatoms. The first-order valence-corrected chi connectivity index (χ1v) is 8.22. The number of aromatic nitrogens is 1. The smallest absolute Gasteiger partial charge is 0.382 e. The zero-order chi connectivity index (χ0) is 17.0. The third kappa shape index (κ3) is 4.51. The van der Waals surface area contributed by atoms with Gasteiger partial charge in [0.2, 0.25) is 0 Å². The van der Waals surface area contributed by atoms with Gasteiger partial charge in [-0.15, -0.1) is 11.8 Å². The van der Waals surface area contributed by atoms with Crippen LogP contribution in [0.2, 0.25) is 0 Å². The Hall–Kier alpha value is -1.48. The van der Waals surface area contributed by atoms with Gasteiger partial charge >= 0.3 is 12.2 Å². The molecule has 2 amide bonds. The SMILES string of the molecule is CCSc1ccc(NC(=O)N2CCC[C@@H]2[C@@H](O)C(F)(F)F)cn1. The number of carbonyl (C=O) groups excluding carboxylic acids is 1. The summed E-state index contributed by atoms with van der Waals surface area (Å²) in [6.45, 7) is 2.17. The number of nitrogens with zero attached hydrogens (tertiary/aromatic N) is 2. The van der Waals surface area contributed by atoms with E-state index in [9.17, 15) is 23.1 Å². The fourth-order valence-electron chi connectivity index (χ4n) is 2.47. The van der Waals surface area contributed by atoms with Gasteiger partial charge in [-0.3, -0.25) is 0 Å². The summed E-state index contributed by atoms with van der Waals surface area (Å²) in [6.07, 6.45) is -5.26. The van der Waals surface area contributed by atoms with E-state index in [1.54, 1.807) is 23.9 Å². The number of aliphatic hydroxyl groups excluding tert-OH is 1. The van der Waals surface area contributed by atoms with Crippen LogP contribution in [0.3, 0.4) is 0 Å². The topological polar surface area (TPSA) is 65.5 Å². The van der Waals surface area contributed by atoms with Crippen molar-refractivity contribution in [2.45, 2.75) is 43.1 Å². The van der Waals surface area contributed by atoms with Gasteiger partial charge in [-0.05, 0) is 30.7 Å². The first kappa shape index (κ1) is 17.9. The molecular weight excluding hydrogens is 331 g/mol. The molecule has 1 aromatic rings. The molecule has 1 fully saturated rings. The van der Waals surface area contributed by atoms with Gasteiger partial charge in [-0.25, -0.2) is 9.78 Å². The van der Waals surface area contributed by atoms with Gasteiger partial charge in [0, 0.05) is 6.54 Å². The Morgan fingerprint density at radius 2 is 2.30 bits per heavy atom. The Kier molecular flexibility index (Phi) is 5.74. The molecule has 0 aliphatic carbocycles. The molecule has 2 atom stereocenters. The van der Waals surface area contributed by atoms with Gasteiger partial charge in [-0.1, -0.05) is 6.92 Å². The average Bonchev–Trinajstić information content (AvgIpc) is 2.97. The van der Waals surface area contributed by atoms with Crippen LogP contribution in [0.25, 0.3) is 0 Å². The van der Waals surface area contributed by atoms with Crippen molar-refractivity contribution < 1.29 is 23.1 Å². The average molecular weight is 349 g/mol. The number of anilines is 1. The third-order valence-electron chi connectivity index (χ3n) is 3.54. The Morgan fingerprint density at radius 3 is 2.87 bits per heavy atom. The van der Waals surface area contributed by atoms with Crippen LogP contribution in [-0.2, 0) is 0 Å². The molecule has 1 saturated heterocycles. The van der Waals surface area contributed by atoms with Crippen molar-refractivity contribution in [3.05, 3.63) is 18.3 Å². The predicted molar refractivity (Wildman–Crippen MR) is 81.4 cm³/mol. The highest BCUT2D eigenvalue weighted by molar-refractivity contribution is 7.99. The normalized spacial score (nSPS) is 19.7. The number of thioether (sulfide) groups is 1. The third-order valence-corrected chi connectivity index (χ3v) is 4.37. The highest BCUT2D eigenvalue weighted by atomic mass is 32.2. The van der Waals surface area contributed by atoms with Crippen LogP contribution in [0, 0.1) is 0 Å². The molecule has 0 aromatic carbocycles. The summed E-state index contributed by atoms with van der Waals surface area (Å²) in [6, 6.07) is 1.47.